The van der Waals surface area contributed by atoms with Gasteiger partial charge >= 0.3 is 0 Å². The third kappa shape index (κ3) is 2.70. The molecule has 1 aliphatic rings. The Balaban J connectivity index is 1.75. The Morgan fingerprint density at radius 1 is 1.53 bits per heavy atom. The van der Waals surface area contributed by atoms with Crippen LogP contribution in [0, 0.1) is 6.92 Å². The first kappa shape index (κ1) is 12.8. The number of aryl methyl sites for hydroxylation is 1. The van der Waals surface area contributed by atoms with Crippen molar-refractivity contribution < 1.29 is 4.74 Å². The van der Waals surface area contributed by atoms with E-state index in [0.717, 1.165) is 30.3 Å². The van der Waals surface area contributed by atoms with Crippen LogP contribution >= 0.6 is 11.3 Å². The van der Waals surface area contributed by atoms with Crippen molar-refractivity contribution in [3.8, 4) is 0 Å². The predicted octanol–water partition coefficient (Wildman–Crippen LogP) is 1.85. The van der Waals surface area contributed by atoms with E-state index in [-0.39, 0.29) is 0 Å². The van der Waals surface area contributed by atoms with E-state index in [0.29, 0.717) is 12.6 Å². The van der Waals surface area contributed by atoms with E-state index >= 15 is 0 Å². The van der Waals surface area contributed by atoms with Gasteiger partial charge in [-0.15, -0.1) is 11.3 Å². The van der Waals surface area contributed by atoms with Crippen LogP contribution in [0.25, 0.3) is 0 Å². The molecule has 2 aromatic heterocycles. The molecule has 0 unspecified atom stereocenters. The van der Waals surface area contributed by atoms with Gasteiger partial charge in [0.05, 0.1) is 29.0 Å². The smallest absolute Gasteiger partial charge is 0.0897 e. The highest BCUT2D eigenvalue weighted by atomic mass is 32.1. The molecule has 0 aromatic carbocycles. The molecule has 1 aliphatic heterocycles. The maximum atomic E-state index is 5.31. The van der Waals surface area contributed by atoms with Crippen molar-refractivity contribution in [2.75, 3.05) is 20.3 Å². The van der Waals surface area contributed by atoms with Crippen LogP contribution in [0.4, 0.5) is 0 Å². The standard InChI is InChI=1S/C13H18N4OS/c1-10-15-11(9-19-10)5-16-6-12-3-4-14-17(12)13(7-16)8-18-2/h3-4,9,13H,5-8H2,1-2H3/t13-/m0/s1. The number of ether oxygens (including phenoxy) is 1. The average molecular weight is 278 g/mol. The number of rotatable bonds is 4. The lowest BCUT2D eigenvalue weighted by Gasteiger charge is -2.33. The summed E-state index contributed by atoms with van der Waals surface area (Å²) in [5.74, 6) is 0. The van der Waals surface area contributed by atoms with Crippen LogP contribution < -0.4 is 0 Å². The SMILES string of the molecule is COC[C@@H]1CN(Cc2csc(C)n2)Cc2ccnn21. The molecule has 19 heavy (non-hydrogen) atoms. The van der Waals surface area contributed by atoms with Crippen molar-refractivity contribution in [2.45, 2.75) is 26.1 Å². The Bertz CT molecular complexity index is 550. The summed E-state index contributed by atoms with van der Waals surface area (Å²) in [5, 5.41) is 7.67. The van der Waals surface area contributed by atoms with Gasteiger partial charge in [-0.25, -0.2) is 4.98 Å². The monoisotopic (exact) mass is 278 g/mol. The molecule has 102 valence electrons. The van der Waals surface area contributed by atoms with Crippen LogP contribution in [0.2, 0.25) is 0 Å². The molecule has 3 heterocycles. The number of hydrogen-bond donors (Lipinski definition) is 0. The minimum absolute atomic E-state index is 0.295. The maximum Gasteiger partial charge on any atom is 0.0897 e. The van der Waals surface area contributed by atoms with Crippen molar-refractivity contribution in [1.82, 2.24) is 19.7 Å². The largest absolute Gasteiger partial charge is 0.382 e. The van der Waals surface area contributed by atoms with Crippen LogP contribution in [0.15, 0.2) is 17.6 Å². The molecule has 0 radical (unpaired) electrons. The first-order chi connectivity index (χ1) is 9.26. The zero-order valence-corrected chi connectivity index (χ0v) is 12.1. The summed E-state index contributed by atoms with van der Waals surface area (Å²) in [6, 6.07) is 2.38. The van der Waals surface area contributed by atoms with Gasteiger partial charge in [-0.2, -0.15) is 5.10 Å². The van der Waals surface area contributed by atoms with Crippen molar-refractivity contribution in [3.05, 3.63) is 34.0 Å². The summed E-state index contributed by atoms with van der Waals surface area (Å²) in [4.78, 5) is 6.95. The van der Waals surface area contributed by atoms with Crippen molar-refractivity contribution in [2.24, 2.45) is 0 Å². The number of methoxy groups -OCH3 is 1. The number of nitrogens with zero attached hydrogens (tertiary/aromatic N) is 4. The Hall–Kier alpha value is -1.24. The van der Waals surface area contributed by atoms with Gasteiger partial charge in [0, 0.05) is 38.3 Å². The molecule has 0 N–H and O–H groups in total. The summed E-state index contributed by atoms with van der Waals surface area (Å²) in [6.45, 7) is 5.53. The molecular weight excluding hydrogens is 260 g/mol. The van der Waals surface area contributed by atoms with Crippen LogP contribution in [0.3, 0.4) is 0 Å². The lowest BCUT2D eigenvalue weighted by Crippen LogP contribution is -2.39. The number of thiazole rings is 1. The second-order valence-corrected chi connectivity index (χ2v) is 5.97. The minimum Gasteiger partial charge on any atom is -0.382 e. The second kappa shape index (κ2) is 5.40. The molecule has 6 heteroatoms. The predicted molar refractivity (Wildman–Crippen MR) is 74.1 cm³/mol. The highest BCUT2D eigenvalue weighted by Gasteiger charge is 2.25. The van der Waals surface area contributed by atoms with E-state index in [1.165, 1.54) is 5.69 Å². The molecule has 3 rings (SSSR count). The molecule has 0 fully saturated rings. The van der Waals surface area contributed by atoms with E-state index in [1.807, 2.05) is 13.1 Å². The fourth-order valence-electron chi connectivity index (χ4n) is 2.61. The van der Waals surface area contributed by atoms with E-state index in [1.54, 1.807) is 18.4 Å². The number of hydrogen-bond acceptors (Lipinski definition) is 5. The summed E-state index contributed by atoms with van der Waals surface area (Å²) >= 11 is 1.71. The zero-order chi connectivity index (χ0) is 13.2. The highest BCUT2D eigenvalue weighted by Crippen LogP contribution is 2.22. The van der Waals surface area contributed by atoms with E-state index in [2.05, 4.69) is 31.1 Å². The lowest BCUT2D eigenvalue weighted by molar-refractivity contribution is 0.0902. The van der Waals surface area contributed by atoms with Crippen LogP contribution in [0.5, 0.6) is 0 Å². The quantitative estimate of drug-likeness (QED) is 0.856. The first-order valence-electron chi connectivity index (χ1n) is 6.41. The Morgan fingerprint density at radius 3 is 3.16 bits per heavy atom. The molecule has 0 bridgehead atoms. The van der Waals surface area contributed by atoms with Gasteiger partial charge in [-0.3, -0.25) is 9.58 Å². The third-order valence-electron chi connectivity index (χ3n) is 3.36. The van der Waals surface area contributed by atoms with Gasteiger partial charge in [-0.1, -0.05) is 0 Å². The maximum absolute atomic E-state index is 5.31. The Labute approximate surface area is 116 Å². The van der Waals surface area contributed by atoms with Gasteiger partial charge in [0.1, 0.15) is 0 Å². The fourth-order valence-corrected chi connectivity index (χ4v) is 3.21. The third-order valence-corrected chi connectivity index (χ3v) is 4.19. The average Bonchev–Trinajstić information content (AvgIpc) is 2.99. The topological polar surface area (TPSA) is 43.2 Å². The van der Waals surface area contributed by atoms with Crippen LogP contribution in [-0.2, 0) is 17.8 Å². The van der Waals surface area contributed by atoms with Crippen molar-refractivity contribution in [1.29, 1.82) is 0 Å². The number of fused-ring (bicyclic) bond motifs is 1. The summed E-state index contributed by atoms with van der Waals surface area (Å²) in [5.41, 5.74) is 2.41. The lowest BCUT2D eigenvalue weighted by atomic mass is 10.2. The molecule has 0 amide bonds. The molecular formula is C13H18N4OS. The first-order valence-corrected chi connectivity index (χ1v) is 7.29. The molecule has 2 aromatic rings. The van der Waals surface area contributed by atoms with Crippen LogP contribution in [0.1, 0.15) is 22.4 Å². The number of aromatic nitrogens is 3. The van der Waals surface area contributed by atoms with Gasteiger partial charge in [0.25, 0.3) is 0 Å². The Kier molecular flexibility index (Phi) is 3.63. The Morgan fingerprint density at radius 2 is 2.42 bits per heavy atom. The molecule has 0 aliphatic carbocycles. The van der Waals surface area contributed by atoms with Gasteiger partial charge in [0.2, 0.25) is 0 Å². The molecule has 1 atom stereocenters. The van der Waals surface area contributed by atoms with E-state index < -0.39 is 0 Å². The van der Waals surface area contributed by atoms with Gasteiger partial charge in [0.15, 0.2) is 0 Å². The zero-order valence-electron chi connectivity index (χ0n) is 11.2. The van der Waals surface area contributed by atoms with Gasteiger partial charge in [-0.05, 0) is 13.0 Å². The molecule has 0 spiro atoms. The van der Waals surface area contributed by atoms with Gasteiger partial charge < -0.3 is 4.74 Å². The summed E-state index contributed by atoms with van der Waals surface area (Å²) in [7, 11) is 1.74. The fraction of sp³-hybridized carbons (Fsp3) is 0.538. The van der Waals surface area contributed by atoms with E-state index in [4.69, 9.17) is 4.74 Å². The summed E-state index contributed by atoms with van der Waals surface area (Å²) < 4.78 is 7.40. The van der Waals surface area contributed by atoms with Crippen LogP contribution in [-0.4, -0.2) is 39.9 Å². The normalized spacial score (nSPS) is 19.6. The van der Waals surface area contributed by atoms with Crippen molar-refractivity contribution in [3.63, 3.8) is 0 Å². The molecule has 0 saturated carbocycles. The molecule has 0 saturated heterocycles. The minimum atomic E-state index is 0.295. The van der Waals surface area contributed by atoms with Crippen molar-refractivity contribution >= 4 is 11.3 Å². The molecule has 5 nitrogen and oxygen atoms in total. The summed E-state index contributed by atoms with van der Waals surface area (Å²) in [6.07, 6.45) is 1.87. The second-order valence-electron chi connectivity index (χ2n) is 4.90. The highest BCUT2D eigenvalue weighted by molar-refractivity contribution is 7.09. The van der Waals surface area contributed by atoms with E-state index in [9.17, 15) is 0 Å².